The number of carbonyl (C=O) groups excluding carboxylic acids is 1. The zero-order valence-corrected chi connectivity index (χ0v) is 17.7. The van der Waals surface area contributed by atoms with Crippen LogP contribution in [-0.4, -0.2) is 19.7 Å². The molecular formula is C26H26O5. The first-order valence-corrected chi connectivity index (χ1v) is 10.2. The number of esters is 1. The second kappa shape index (κ2) is 11.5. The zero-order chi connectivity index (χ0) is 21.9. The summed E-state index contributed by atoms with van der Waals surface area (Å²) in [7, 11) is 1.59. The van der Waals surface area contributed by atoms with Gasteiger partial charge in [-0.15, -0.1) is 0 Å². The van der Waals surface area contributed by atoms with Crippen molar-refractivity contribution in [2.24, 2.45) is 0 Å². The van der Waals surface area contributed by atoms with Gasteiger partial charge in [-0.05, 0) is 60.0 Å². The van der Waals surface area contributed by atoms with Crippen LogP contribution in [0.4, 0.5) is 0 Å². The van der Waals surface area contributed by atoms with Gasteiger partial charge in [-0.1, -0.05) is 43.3 Å². The van der Waals surface area contributed by atoms with Gasteiger partial charge < -0.3 is 18.9 Å². The molecule has 0 unspecified atom stereocenters. The van der Waals surface area contributed by atoms with E-state index in [1.807, 2.05) is 55.5 Å². The van der Waals surface area contributed by atoms with Crippen LogP contribution in [0.5, 0.6) is 23.0 Å². The van der Waals surface area contributed by atoms with Crippen molar-refractivity contribution in [3.8, 4) is 23.0 Å². The number of rotatable bonds is 10. The molecule has 0 aliphatic heterocycles. The van der Waals surface area contributed by atoms with Crippen LogP contribution in [0.3, 0.4) is 0 Å². The van der Waals surface area contributed by atoms with E-state index in [2.05, 4.69) is 0 Å². The third-order valence-electron chi connectivity index (χ3n) is 4.35. The van der Waals surface area contributed by atoms with E-state index in [0.29, 0.717) is 36.2 Å². The molecule has 5 nitrogen and oxygen atoms in total. The minimum Gasteiger partial charge on any atom is -0.493 e. The lowest BCUT2D eigenvalue weighted by atomic mass is 10.2. The molecule has 5 heteroatoms. The van der Waals surface area contributed by atoms with Gasteiger partial charge in [-0.3, -0.25) is 0 Å². The molecule has 0 spiro atoms. The molecule has 0 atom stereocenters. The number of benzene rings is 3. The minimum atomic E-state index is -0.469. The van der Waals surface area contributed by atoms with Crippen molar-refractivity contribution in [1.82, 2.24) is 0 Å². The lowest BCUT2D eigenvalue weighted by molar-refractivity contribution is -0.128. The van der Waals surface area contributed by atoms with Crippen LogP contribution in [0, 0.1) is 0 Å². The Morgan fingerprint density at radius 3 is 2.32 bits per heavy atom. The third-order valence-corrected chi connectivity index (χ3v) is 4.35. The van der Waals surface area contributed by atoms with Gasteiger partial charge in [-0.2, -0.15) is 0 Å². The van der Waals surface area contributed by atoms with Crippen molar-refractivity contribution in [2.75, 3.05) is 13.7 Å². The molecule has 3 rings (SSSR count). The van der Waals surface area contributed by atoms with Crippen molar-refractivity contribution >= 4 is 12.0 Å². The zero-order valence-electron chi connectivity index (χ0n) is 17.7. The molecule has 0 fully saturated rings. The largest absolute Gasteiger partial charge is 0.493 e. The van der Waals surface area contributed by atoms with Crippen LogP contribution in [0.25, 0.3) is 6.08 Å². The van der Waals surface area contributed by atoms with Crippen molar-refractivity contribution in [3.05, 3.63) is 90.0 Å². The predicted molar refractivity (Wildman–Crippen MR) is 121 cm³/mol. The Bertz CT molecular complexity index is 994. The number of hydrogen-bond donors (Lipinski definition) is 0. The van der Waals surface area contributed by atoms with E-state index in [-0.39, 0.29) is 0 Å². The van der Waals surface area contributed by atoms with Crippen LogP contribution in [0.2, 0.25) is 0 Å². The van der Waals surface area contributed by atoms with Crippen molar-refractivity contribution < 1.29 is 23.7 Å². The fraction of sp³-hybridized carbons (Fsp3) is 0.192. The smallest absolute Gasteiger partial charge is 0.336 e. The summed E-state index contributed by atoms with van der Waals surface area (Å²) in [6.07, 6.45) is 3.96. The van der Waals surface area contributed by atoms with Gasteiger partial charge in [0.05, 0.1) is 13.7 Å². The molecular weight excluding hydrogens is 392 g/mol. The summed E-state index contributed by atoms with van der Waals surface area (Å²) < 4.78 is 22.1. The molecule has 0 amide bonds. The Kier molecular flexibility index (Phi) is 8.12. The first-order valence-electron chi connectivity index (χ1n) is 10.2. The minimum absolute atomic E-state index is 0.447. The number of methoxy groups -OCH3 is 1. The first kappa shape index (κ1) is 22.0. The van der Waals surface area contributed by atoms with Gasteiger partial charge in [0.1, 0.15) is 18.1 Å². The Hall–Kier alpha value is -3.73. The van der Waals surface area contributed by atoms with Crippen molar-refractivity contribution in [1.29, 1.82) is 0 Å². The highest BCUT2D eigenvalue weighted by atomic mass is 16.5. The van der Waals surface area contributed by atoms with E-state index < -0.39 is 5.97 Å². The molecule has 0 aromatic heterocycles. The van der Waals surface area contributed by atoms with Crippen molar-refractivity contribution in [2.45, 2.75) is 20.0 Å². The number of ether oxygens (including phenoxy) is 4. The summed E-state index contributed by atoms with van der Waals surface area (Å²) >= 11 is 0. The van der Waals surface area contributed by atoms with E-state index in [1.54, 1.807) is 37.5 Å². The average molecular weight is 418 g/mol. The fourth-order valence-corrected chi connectivity index (χ4v) is 2.78. The summed E-state index contributed by atoms with van der Waals surface area (Å²) in [5.74, 6) is 1.98. The van der Waals surface area contributed by atoms with Gasteiger partial charge in [0.25, 0.3) is 0 Å². The van der Waals surface area contributed by atoms with Gasteiger partial charge in [-0.25, -0.2) is 4.79 Å². The highest BCUT2D eigenvalue weighted by molar-refractivity contribution is 5.88. The molecule has 3 aromatic rings. The quantitative estimate of drug-likeness (QED) is 0.241. The molecule has 0 aliphatic carbocycles. The van der Waals surface area contributed by atoms with Crippen LogP contribution < -0.4 is 18.9 Å². The molecule has 0 aliphatic rings. The summed E-state index contributed by atoms with van der Waals surface area (Å²) in [5, 5.41) is 0. The molecule has 0 saturated heterocycles. The van der Waals surface area contributed by atoms with Crippen LogP contribution in [0.1, 0.15) is 24.5 Å². The third kappa shape index (κ3) is 6.93. The Balaban J connectivity index is 1.53. The first-order chi connectivity index (χ1) is 15.2. The molecule has 0 radical (unpaired) electrons. The SMILES string of the molecule is CCCOc1ccc(C=CC(=O)Oc2ccc(OCc3ccccc3)cc2)cc1OC. The molecule has 31 heavy (non-hydrogen) atoms. The highest BCUT2D eigenvalue weighted by Gasteiger charge is 2.06. The predicted octanol–water partition coefficient (Wildman–Crippen LogP) is 5.68. The Labute approximate surface area is 182 Å². The van der Waals surface area contributed by atoms with Gasteiger partial charge >= 0.3 is 5.97 Å². The maximum Gasteiger partial charge on any atom is 0.336 e. The van der Waals surface area contributed by atoms with Gasteiger partial charge in [0.15, 0.2) is 11.5 Å². The highest BCUT2D eigenvalue weighted by Crippen LogP contribution is 2.28. The van der Waals surface area contributed by atoms with Crippen LogP contribution in [-0.2, 0) is 11.4 Å². The number of carbonyl (C=O) groups is 1. The van der Waals surface area contributed by atoms with Gasteiger partial charge in [0, 0.05) is 6.08 Å². The van der Waals surface area contributed by atoms with E-state index in [4.69, 9.17) is 18.9 Å². The average Bonchev–Trinajstić information content (AvgIpc) is 2.82. The van der Waals surface area contributed by atoms with Gasteiger partial charge in [0.2, 0.25) is 0 Å². The second-order valence-electron chi connectivity index (χ2n) is 6.76. The standard InChI is InChI=1S/C26H26O5/c1-3-17-29-24-15-9-20(18-25(24)28-2)10-16-26(27)31-23-13-11-22(12-14-23)30-19-21-7-5-4-6-8-21/h4-16,18H,3,17,19H2,1-2H3. The topological polar surface area (TPSA) is 54.0 Å². The van der Waals surface area contributed by atoms with Crippen LogP contribution in [0.15, 0.2) is 78.9 Å². The molecule has 0 saturated carbocycles. The maximum atomic E-state index is 12.1. The Morgan fingerprint density at radius 2 is 1.61 bits per heavy atom. The molecule has 0 bridgehead atoms. The number of hydrogen-bond acceptors (Lipinski definition) is 5. The van der Waals surface area contributed by atoms with Crippen LogP contribution >= 0.6 is 0 Å². The van der Waals surface area contributed by atoms with E-state index >= 15 is 0 Å². The lowest BCUT2D eigenvalue weighted by Crippen LogP contribution is -2.03. The molecule has 0 heterocycles. The maximum absolute atomic E-state index is 12.1. The molecule has 160 valence electrons. The lowest BCUT2D eigenvalue weighted by Gasteiger charge is -2.10. The summed E-state index contributed by atoms with van der Waals surface area (Å²) in [6, 6.07) is 22.4. The summed E-state index contributed by atoms with van der Waals surface area (Å²) in [6.45, 7) is 3.14. The summed E-state index contributed by atoms with van der Waals surface area (Å²) in [4.78, 5) is 12.1. The molecule has 3 aromatic carbocycles. The van der Waals surface area contributed by atoms with E-state index in [9.17, 15) is 4.79 Å². The van der Waals surface area contributed by atoms with Crippen molar-refractivity contribution in [3.63, 3.8) is 0 Å². The van der Waals surface area contributed by atoms with E-state index in [1.165, 1.54) is 6.08 Å². The van der Waals surface area contributed by atoms with E-state index in [0.717, 1.165) is 17.5 Å². The second-order valence-corrected chi connectivity index (χ2v) is 6.76. The summed E-state index contributed by atoms with van der Waals surface area (Å²) in [5.41, 5.74) is 1.90. The Morgan fingerprint density at radius 1 is 0.871 bits per heavy atom. The fourth-order valence-electron chi connectivity index (χ4n) is 2.78. The molecule has 0 N–H and O–H groups in total. The normalized spacial score (nSPS) is 10.6. The monoisotopic (exact) mass is 418 g/mol.